The summed E-state index contributed by atoms with van der Waals surface area (Å²) in [6.45, 7) is 2.27. The number of carbonyl (C=O) groups is 1. The third-order valence-electron chi connectivity index (χ3n) is 2.60. The van der Waals surface area contributed by atoms with Crippen molar-refractivity contribution in [3.05, 3.63) is 40.8 Å². The molecule has 0 bridgehead atoms. The Morgan fingerprint density at radius 3 is 3.00 bits per heavy atom. The first-order chi connectivity index (χ1) is 9.67. The van der Waals surface area contributed by atoms with Crippen LogP contribution in [0.15, 0.2) is 29.6 Å². The Bertz CT molecular complexity index is 673. The first kappa shape index (κ1) is 13.9. The Kier molecular flexibility index (Phi) is 4.23. The van der Waals surface area contributed by atoms with E-state index in [9.17, 15) is 4.79 Å². The molecule has 0 aliphatic rings. The van der Waals surface area contributed by atoms with Gasteiger partial charge in [-0.1, -0.05) is 6.07 Å². The molecular weight excluding hydrogens is 274 g/mol. The molecule has 0 fully saturated rings. The average molecular weight is 287 g/mol. The molecule has 1 amide bonds. The second-order valence-electron chi connectivity index (χ2n) is 3.88. The summed E-state index contributed by atoms with van der Waals surface area (Å²) in [5.41, 5.74) is 6.90. The lowest BCUT2D eigenvalue weighted by Gasteiger charge is -2.12. The fourth-order valence-electron chi connectivity index (χ4n) is 1.73. The van der Waals surface area contributed by atoms with E-state index >= 15 is 0 Å². The molecule has 0 saturated heterocycles. The first-order valence-corrected chi connectivity index (χ1v) is 6.85. The molecule has 102 valence electrons. The van der Waals surface area contributed by atoms with E-state index in [1.807, 2.05) is 13.0 Å². The number of nitriles is 1. The molecule has 2 rings (SSSR count). The van der Waals surface area contributed by atoms with E-state index in [0.717, 1.165) is 0 Å². The van der Waals surface area contributed by atoms with Crippen LogP contribution in [0.25, 0.3) is 0 Å². The molecule has 1 aromatic carbocycles. The van der Waals surface area contributed by atoms with Crippen molar-refractivity contribution in [2.75, 3.05) is 17.7 Å². The number of nitrogens with zero attached hydrogens (tertiary/aromatic N) is 1. The fraction of sp³-hybridized carbons (Fsp3) is 0.143. The highest BCUT2D eigenvalue weighted by Gasteiger charge is 2.17. The maximum atomic E-state index is 12.3. The number of thiophene rings is 1. The van der Waals surface area contributed by atoms with Crippen molar-refractivity contribution in [3.63, 3.8) is 0 Å². The van der Waals surface area contributed by atoms with Crippen molar-refractivity contribution < 1.29 is 9.53 Å². The molecule has 3 N–H and O–H groups in total. The van der Waals surface area contributed by atoms with Crippen LogP contribution in [0.1, 0.15) is 22.8 Å². The molecule has 5 nitrogen and oxygen atoms in total. The molecule has 2 aromatic rings. The number of nitrogens with two attached hydrogens (primary N) is 1. The summed E-state index contributed by atoms with van der Waals surface area (Å²) in [5, 5.41) is 13.9. The van der Waals surface area contributed by atoms with E-state index in [4.69, 9.17) is 15.7 Å². The predicted molar refractivity (Wildman–Crippen MR) is 79.0 cm³/mol. The third kappa shape index (κ3) is 2.73. The Morgan fingerprint density at radius 2 is 2.30 bits per heavy atom. The van der Waals surface area contributed by atoms with Crippen LogP contribution in [0, 0.1) is 11.3 Å². The molecule has 0 unspecified atom stereocenters. The van der Waals surface area contributed by atoms with Crippen molar-refractivity contribution in [2.45, 2.75) is 6.92 Å². The van der Waals surface area contributed by atoms with Crippen LogP contribution in [0.3, 0.4) is 0 Å². The van der Waals surface area contributed by atoms with Crippen LogP contribution in [0.2, 0.25) is 0 Å². The summed E-state index contributed by atoms with van der Waals surface area (Å²) in [4.78, 5) is 12.3. The summed E-state index contributed by atoms with van der Waals surface area (Å²) < 4.78 is 5.41. The lowest BCUT2D eigenvalue weighted by molar-refractivity contribution is 0.102. The maximum Gasteiger partial charge on any atom is 0.262 e. The van der Waals surface area contributed by atoms with Gasteiger partial charge in [-0.05, 0) is 30.5 Å². The molecule has 6 heteroatoms. The third-order valence-corrected chi connectivity index (χ3v) is 3.43. The summed E-state index contributed by atoms with van der Waals surface area (Å²) in [6, 6.07) is 8.72. The zero-order valence-electron chi connectivity index (χ0n) is 10.8. The molecular formula is C14H13N3O2S. The number of benzene rings is 1. The number of nitrogens with one attached hydrogen (secondary N) is 1. The fourth-order valence-corrected chi connectivity index (χ4v) is 2.46. The van der Waals surface area contributed by atoms with Crippen LogP contribution in [-0.2, 0) is 0 Å². The molecule has 1 aromatic heterocycles. The molecule has 1 heterocycles. The van der Waals surface area contributed by atoms with E-state index in [-0.39, 0.29) is 11.5 Å². The minimum Gasteiger partial charge on any atom is -0.493 e. The van der Waals surface area contributed by atoms with Gasteiger partial charge in [0.05, 0.1) is 12.2 Å². The Labute approximate surface area is 120 Å². The predicted octanol–water partition coefficient (Wildman–Crippen LogP) is 2.85. The highest BCUT2D eigenvalue weighted by atomic mass is 32.1. The lowest BCUT2D eigenvalue weighted by Crippen LogP contribution is -2.15. The zero-order valence-corrected chi connectivity index (χ0v) is 11.7. The maximum absolute atomic E-state index is 12.3. The molecule has 0 saturated carbocycles. The van der Waals surface area contributed by atoms with Crippen LogP contribution >= 0.6 is 11.3 Å². The van der Waals surface area contributed by atoms with Gasteiger partial charge in [-0.2, -0.15) is 5.26 Å². The van der Waals surface area contributed by atoms with Gasteiger partial charge in [0.15, 0.2) is 0 Å². The molecule has 0 spiro atoms. The molecule has 0 radical (unpaired) electrons. The number of anilines is 2. The Morgan fingerprint density at radius 1 is 1.50 bits per heavy atom. The molecule has 0 atom stereocenters. The standard InChI is InChI=1S/C14H13N3O2S/c1-2-19-11-5-3-4-10(16)12(11)13(18)17-14-9(8-15)6-7-20-14/h3-7H,2,16H2,1H3,(H,17,18). The minimum absolute atomic E-state index is 0.284. The van der Waals surface area contributed by atoms with Gasteiger partial charge in [0.1, 0.15) is 22.4 Å². The molecule has 0 aliphatic carbocycles. The van der Waals surface area contributed by atoms with Crippen molar-refractivity contribution in [1.82, 2.24) is 0 Å². The van der Waals surface area contributed by atoms with Gasteiger partial charge < -0.3 is 15.8 Å². The normalized spacial score (nSPS) is 9.80. The number of ether oxygens (including phenoxy) is 1. The number of hydrogen-bond donors (Lipinski definition) is 2. The van der Waals surface area contributed by atoms with E-state index in [2.05, 4.69) is 5.32 Å². The first-order valence-electron chi connectivity index (χ1n) is 5.97. The second kappa shape index (κ2) is 6.08. The van der Waals surface area contributed by atoms with Gasteiger partial charge in [-0.3, -0.25) is 4.79 Å². The van der Waals surface area contributed by atoms with E-state index in [1.54, 1.807) is 29.6 Å². The van der Waals surface area contributed by atoms with Gasteiger partial charge in [0, 0.05) is 5.69 Å². The quantitative estimate of drug-likeness (QED) is 0.846. The summed E-state index contributed by atoms with van der Waals surface area (Å²) in [7, 11) is 0. The molecule has 20 heavy (non-hydrogen) atoms. The monoisotopic (exact) mass is 287 g/mol. The van der Waals surface area contributed by atoms with Gasteiger partial charge in [-0.25, -0.2) is 0 Å². The van der Waals surface area contributed by atoms with Crippen LogP contribution in [-0.4, -0.2) is 12.5 Å². The second-order valence-corrected chi connectivity index (χ2v) is 4.80. The van der Waals surface area contributed by atoms with Crippen molar-refractivity contribution in [3.8, 4) is 11.8 Å². The average Bonchev–Trinajstić information content (AvgIpc) is 2.86. The van der Waals surface area contributed by atoms with Crippen LogP contribution in [0.5, 0.6) is 5.75 Å². The number of amides is 1. The Hall–Kier alpha value is -2.52. The van der Waals surface area contributed by atoms with Crippen molar-refractivity contribution in [1.29, 1.82) is 5.26 Å². The summed E-state index contributed by atoms with van der Waals surface area (Å²) >= 11 is 1.29. The zero-order chi connectivity index (χ0) is 14.5. The number of hydrogen-bond acceptors (Lipinski definition) is 5. The van der Waals surface area contributed by atoms with E-state index < -0.39 is 0 Å². The topological polar surface area (TPSA) is 88.1 Å². The number of nitrogen functional groups attached to an aromatic ring is 1. The van der Waals surface area contributed by atoms with Gasteiger partial charge >= 0.3 is 0 Å². The minimum atomic E-state index is -0.384. The van der Waals surface area contributed by atoms with Crippen molar-refractivity contribution >= 4 is 27.9 Å². The van der Waals surface area contributed by atoms with Gasteiger partial charge in [0.2, 0.25) is 0 Å². The summed E-state index contributed by atoms with van der Waals surface area (Å²) in [5.74, 6) is 0.0468. The number of rotatable bonds is 4. The summed E-state index contributed by atoms with van der Waals surface area (Å²) in [6.07, 6.45) is 0. The van der Waals surface area contributed by atoms with E-state index in [1.165, 1.54) is 11.3 Å². The number of carbonyl (C=O) groups excluding carboxylic acids is 1. The van der Waals surface area contributed by atoms with Crippen LogP contribution < -0.4 is 15.8 Å². The highest BCUT2D eigenvalue weighted by Crippen LogP contribution is 2.28. The van der Waals surface area contributed by atoms with E-state index in [0.29, 0.717) is 28.6 Å². The highest BCUT2D eigenvalue weighted by molar-refractivity contribution is 7.14. The SMILES string of the molecule is CCOc1cccc(N)c1C(=O)Nc1sccc1C#N. The van der Waals surface area contributed by atoms with Gasteiger partial charge in [-0.15, -0.1) is 11.3 Å². The smallest absolute Gasteiger partial charge is 0.262 e. The van der Waals surface area contributed by atoms with Crippen LogP contribution in [0.4, 0.5) is 10.7 Å². The molecule has 0 aliphatic heterocycles. The largest absolute Gasteiger partial charge is 0.493 e. The van der Waals surface area contributed by atoms with Crippen molar-refractivity contribution in [2.24, 2.45) is 0 Å². The Balaban J connectivity index is 2.32. The lowest BCUT2D eigenvalue weighted by atomic mass is 10.1. The van der Waals surface area contributed by atoms with Gasteiger partial charge in [0.25, 0.3) is 5.91 Å².